The molecule has 7 nitrogen and oxygen atoms in total. The molecule has 7 heteroatoms. The molecule has 0 atom stereocenters. The van der Waals surface area contributed by atoms with E-state index in [1.54, 1.807) is 30.6 Å². The number of hydrogen-bond donors (Lipinski definition) is 3. The van der Waals surface area contributed by atoms with Gasteiger partial charge >= 0.3 is 5.97 Å². The molecule has 0 spiro atoms. The standard InChI is InChI=1S/C17H14N4O3/c18-24-17(23)12-3-1-2-4-13(12)21-16(22)8-6-11-5-7-14-15(9-11)20-10-19-14/h1-10H,18H2,(H,19,20)(H,21,22)/b8-6+. The average molecular weight is 322 g/mol. The molecular formula is C17H14N4O3. The second-order valence-electron chi connectivity index (χ2n) is 4.95. The zero-order valence-corrected chi connectivity index (χ0v) is 12.5. The molecule has 3 aromatic rings. The van der Waals surface area contributed by atoms with Crippen molar-refractivity contribution in [2.45, 2.75) is 0 Å². The summed E-state index contributed by atoms with van der Waals surface area (Å²) in [6.07, 6.45) is 4.65. The van der Waals surface area contributed by atoms with E-state index in [-0.39, 0.29) is 11.5 Å². The van der Waals surface area contributed by atoms with Crippen molar-refractivity contribution < 1.29 is 14.4 Å². The Kier molecular flexibility index (Phi) is 4.35. The second-order valence-corrected chi connectivity index (χ2v) is 4.95. The van der Waals surface area contributed by atoms with Crippen LogP contribution in [-0.2, 0) is 9.63 Å². The lowest BCUT2D eigenvalue weighted by Crippen LogP contribution is -2.15. The van der Waals surface area contributed by atoms with Gasteiger partial charge in [0, 0.05) is 6.08 Å². The molecule has 0 saturated heterocycles. The first-order valence-electron chi connectivity index (χ1n) is 7.09. The van der Waals surface area contributed by atoms with Gasteiger partial charge in [-0.3, -0.25) is 4.79 Å². The highest BCUT2D eigenvalue weighted by atomic mass is 16.7. The Labute approximate surface area is 137 Å². The SMILES string of the molecule is NOC(=O)c1ccccc1NC(=O)/C=C/c1ccc2nc[nH]c2c1. The number of para-hydroxylation sites is 1. The molecule has 0 bridgehead atoms. The van der Waals surface area contributed by atoms with Gasteiger partial charge in [-0.2, -0.15) is 5.90 Å². The van der Waals surface area contributed by atoms with Gasteiger partial charge in [0.15, 0.2) is 0 Å². The van der Waals surface area contributed by atoms with Crippen molar-refractivity contribution >= 4 is 34.7 Å². The van der Waals surface area contributed by atoms with Gasteiger partial charge in [0.25, 0.3) is 0 Å². The minimum Gasteiger partial charge on any atom is -0.370 e. The van der Waals surface area contributed by atoms with Crippen LogP contribution in [0.2, 0.25) is 0 Å². The van der Waals surface area contributed by atoms with E-state index in [1.807, 2.05) is 18.2 Å². The summed E-state index contributed by atoms with van der Waals surface area (Å²) in [7, 11) is 0. The molecule has 4 N–H and O–H groups in total. The van der Waals surface area contributed by atoms with Crippen LogP contribution < -0.4 is 11.2 Å². The molecule has 1 aromatic heterocycles. The Hall–Kier alpha value is -3.45. The maximum atomic E-state index is 12.1. The molecule has 1 heterocycles. The summed E-state index contributed by atoms with van der Waals surface area (Å²) in [6.45, 7) is 0. The van der Waals surface area contributed by atoms with Gasteiger partial charge < -0.3 is 15.1 Å². The van der Waals surface area contributed by atoms with Crippen LogP contribution in [0, 0.1) is 0 Å². The number of carbonyl (C=O) groups is 2. The summed E-state index contributed by atoms with van der Waals surface area (Å²) < 4.78 is 0. The Bertz CT molecular complexity index is 930. The number of nitrogens with two attached hydrogens (primary N) is 1. The van der Waals surface area contributed by atoms with Crippen LogP contribution >= 0.6 is 0 Å². The van der Waals surface area contributed by atoms with Crippen molar-refractivity contribution in [3.8, 4) is 0 Å². The lowest BCUT2D eigenvalue weighted by molar-refractivity contribution is -0.111. The summed E-state index contributed by atoms with van der Waals surface area (Å²) in [4.78, 5) is 35.0. The molecule has 0 aliphatic rings. The van der Waals surface area contributed by atoms with Crippen molar-refractivity contribution in [3.63, 3.8) is 0 Å². The number of aromatic nitrogens is 2. The Morgan fingerprint density at radius 3 is 2.88 bits per heavy atom. The fourth-order valence-electron chi connectivity index (χ4n) is 2.24. The lowest BCUT2D eigenvalue weighted by atomic mass is 10.1. The summed E-state index contributed by atoms with van der Waals surface area (Å²) in [5.74, 6) is 3.79. The van der Waals surface area contributed by atoms with Crippen molar-refractivity contribution in [2.24, 2.45) is 5.90 Å². The maximum Gasteiger partial charge on any atom is 0.358 e. The van der Waals surface area contributed by atoms with E-state index in [4.69, 9.17) is 5.90 Å². The van der Waals surface area contributed by atoms with Crippen LogP contribution in [0.4, 0.5) is 5.69 Å². The number of carbonyl (C=O) groups excluding carboxylic acids is 2. The second kappa shape index (κ2) is 6.76. The summed E-state index contributed by atoms with van der Waals surface area (Å²) in [6, 6.07) is 12.0. The quantitative estimate of drug-likeness (QED) is 0.504. The predicted octanol–water partition coefficient (Wildman–Crippen LogP) is 2.25. The first-order chi connectivity index (χ1) is 11.7. The Morgan fingerprint density at radius 2 is 2.04 bits per heavy atom. The van der Waals surface area contributed by atoms with Gasteiger partial charge in [0.2, 0.25) is 5.91 Å². The molecule has 1 amide bonds. The number of imidazole rings is 1. The fourth-order valence-corrected chi connectivity index (χ4v) is 2.24. The Morgan fingerprint density at radius 1 is 1.21 bits per heavy atom. The van der Waals surface area contributed by atoms with Crippen molar-refractivity contribution in [1.29, 1.82) is 0 Å². The smallest absolute Gasteiger partial charge is 0.358 e. The van der Waals surface area contributed by atoms with Crippen molar-refractivity contribution in [2.75, 3.05) is 5.32 Å². The number of hydrogen-bond acceptors (Lipinski definition) is 5. The van der Waals surface area contributed by atoms with E-state index in [1.165, 1.54) is 12.1 Å². The van der Waals surface area contributed by atoms with E-state index in [0.717, 1.165) is 16.6 Å². The number of H-pyrrole nitrogens is 1. The monoisotopic (exact) mass is 322 g/mol. The van der Waals surface area contributed by atoms with E-state index < -0.39 is 5.97 Å². The van der Waals surface area contributed by atoms with Gasteiger partial charge in [-0.1, -0.05) is 18.2 Å². The molecule has 0 radical (unpaired) electrons. The molecule has 2 aromatic carbocycles. The highest BCUT2D eigenvalue weighted by Gasteiger charge is 2.12. The van der Waals surface area contributed by atoms with E-state index in [0.29, 0.717) is 5.69 Å². The third-order valence-electron chi connectivity index (χ3n) is 3.38. The first-order valence-corrected chi connectivity index (χ1v) is 7.09. The zero-order valence-electron chi connectivity index (χ0n) is 12.5. The van der Waals surface area contributed by atoms with Gasteiger partial charge in [-0.15, -0.1) is 0 Å². The van der Waals surface area contributed by atoms with Gasteiger partial charge in [-0.25, -0.2) is 9.78 Å². The minimum absolute atomic E-state index is 0.181. The molecule has 0 aliphatic heterocycles. The summed E-state index contributed by atoms with van der Waals surface area (Å²) in [5.41, 5.74) is 3.09. The van der Waals surface area contributed by atoms with Gasteiger partial charge in [0.1, 0.15) is 0 Å². The molecule has 0 saturated carbocycles. The van der Waals surface area contributed by atoms with Crippen molar-refractivity contribution in [1.82, 2.24) is 9.97 Å². The normalized spacial score (nSPS) is 10.9. The third kappa shape index (κ3) is 3.31. The molecular weight excluding hydrogens is 308 g/mol. The Balaban J connectivity index is 1.74. The minimum atomic E-state index is -0.723. The van der Waals surface area contributed by atoms with Crippen LogP contribution in [-0.4, -0.2) is 21.8 Å². The number of benzene rings is 2. The molecule has 24 heavy (non-hydrogen) atoms. The van der Waals surface area contributed by atoms with Crippen molar-refractivity contribution in [3.05, 3.63) is 66.0 Å². The van der Waals surface area contributed by atoms with Crippen LogP contribution in [0.25, 0.3) is 17.1 Å². The zero-order chi connectivity index (χ0) is 16.9. The largest absolute Gasteiger partial charge is 0.370 e. The number of amides is 1. The van der Waals surface area contributed by atoms with Crippen LogP contribution in [0.1, 0.15) is 15.9 Å². The molecule has 3 rings (SSSR count). The number of nitrogens with zero attached hydrogens (tertiary/aromatic N) is 1. The molecule has 0 unspecified atom stereocenters. The van der Waals surface area contributed by atoms with Crippen LogP contribution in [0.5, 0.6) is 0 Å². The summed E-state index contributed by atoms with van der Waals surface area (Å²) in [5, 5.41) is 2.63. The number of rotatable bonds is 4. The van der Waals surface area contributed by atoms with E-state index in [2.05, 4.69) is 20.1 Å². The third-order valence-corrected chi connectivity index (χ3v) is 3.38. The van der Waals surface area contributed by atoms with E-state index in [9.17, 15) is 9.59 Å². The van der Waals surface area contributed by atoms with Crippen LogP contribution in [0.3, 0.4) is 0 Å². The highest BCUT2D eigenvalue weighted by molar-refractivity contribution is 6.06. The number of nitrogens with one attached hydrogen (secondary N) is 2. The summed E-state index contributed by atoms with van der Waals surface area (Å²) >= 11 is 0. The average Bonchev–Trinajstić information content (AvgIpc) is 3.07. The van der Waals surface area contributed by atoms with Gasteiger partial charge in [-0.05, 0) is 35.9 Å². The molecule has 120 valence electrons. The van der Waals surface area contributed by atoms with Crippen LogP contribution in [0.15, 0.2) is 54.9 Å². The molecule has 0 aliphatic carbocycles. The first kappa shape index (κ1) is 15.4. The van der Waals surface area contributed by atoms with E-state index >= 15 is 0 Å². The number of aromatic amines is 1. The number of fused-ring (bicyclic) bond motifs is 1. The predicted molar refractivity (Wildman–Crippen MR) is 89.8 cm³/mol. The lowest BCUT2D eigenvalue weighted by Gasteiger charge is -2.07. The number of anilines is 1. The maximum absolute atomic E-state index is 12.1. The highest BCUT2D eigenvalue weighted by Crippen LogP contribution is 2.16. The topological polar surface area (TPSA) is 110 Å². The fraction of sp³-hybridized carbons (Fsp3) is 0. The van der Waals surface area contributed by atoms with Gasteiger partial charge in [0.05, 0.1) is 28.6 Å². The molecule has 0 fully saturated rings.